The van der Waals surface area contributed by atoms with Crippen LogP contribution < -0.4 is 10.1 Å². The fourth-order valence-electron chi connectivity index (χ4n) is 1.43. The van der Waals surface area contributed by atoms with Gasteiger partial charge in [-0.2, -0.15) is 0 Å². The standard InChI is InChI=1S/C15H12BrN3O2/c16-13-8-12(9-18-10-13)15(20)19-6-1-2-7-21-14-4-3-5-17-11-14/h3-5,8-11H,6-7H2,(H,19,20). The summed E-state index contributed by atoms with van der Waals surface area (Å²) < 4.78 is 6.10. The number of carbonyl (C=O) groups excluding carboxylic acids is 1. The van der Waals surface area contributed by atoms with Crippen LogP contribution in [0, 0.1) is 11.8 Å². The van der Waals surface area contributed by atoms with Crippen LogP contribution in [0.1, 0.15) is 10.4 Å². The molecule has 21 heavy (non-hydrogen) atoms. The number of aromatic nitrogens is 2. The van der Waals surface area contributed by atoms with Gasteiger partial charge in [0.2, 0.25) is 0 Å². The van der Waals surface area contributed by atoms with Gasteiger partial charge in [0.25, 0.3) is 5.91 Å². The highest BCUT2D eigenvalue weighted by Crippen LogP contribution is 2.09. The van der Waals surface area contributed by atoms with E-state index in [1.807, 2.05) is 0 Å². The Bertz CT molecular complexity index is 665. The number of nitrogens with zero attached hydrogens (tertiary/aromatic N) is 2. The minimum Gasteiger partial charge on any atom is -0.479 e. The Morgan fingerprint density at radius 3 is 2.95 bits per heavy atom. The van der Waals surface area contributed by atoms with Gasteiger partial charge in [0.15, 0.2) is 0 Å². The van der Waals surface area contributed by atoms with E-state index >= 15 is 0 Å². The number of hydrogen-bond donors (Lipinski definition) is 1. The first-order valence-electron chi connectivity index (χ1n) is 6.13. The van der Waals surface area contributed by atoms with Crippen LogP contribution in [0.15, 0.2) is 47.5 Å². The molecule has 1 amide bonds. The molecule has 1 N–H and O–H groups in total. The van der Waals surface area contributed by atoms with Crippen LogP contribution in [-0.2, 0) is 0 Å². The van der Waals surface area contributed by atoms with Crippen molar-refractivity contribution in [2.45, 2.75) is 0 Å². The average molecular weight is 346 g/mol. The number of ether oxygens (including phenoxy) is 1. The summed E-state index contributed by atoms with van der Waals surface area (Å²) in [6, 6.07) is 5.28. The highest BCUT2D eigenvalue weighted by atomic mass is 79.9. The second kappa shape index (κ2) is 8.02. The Morgan fingerprint density at radius 1 is 1.29 bits per heavy atom. The highest BCUT2D eigenvalue weighted by Gasteiger charge is 2.04. The average Bonchev–Trinajstić information content (AvgIpc) is 2.51. The second-order valence-electron chi connectivity index (χ2n) is 3.91. The molecule has 0 aliphatic carbocycles. The van der Waals surface area contributed by atoms with Gasteiger partial charge in [-0.1, -0.05) is 11.8 Å². The summed E-state index contributed by atoms with van der Waals surface area (Å²) in [4.78, 5) is 19.6. The lowest BCUT2D eigenvalue weighted by Gasteiger charge is -2.01. The van der Waals surface area contributed by atoms with Gasteiger partial charge in [0, 0.05) is 23.1 Å². The number of pyridine rings is 2. The van der Waals surface area contributed by atoms with Gasteiger partial charge >= 0.3 is 0 Å². The van der Waals surface area contributed by atoms with Crippen molar-refractivity contribution in [3.63, 3.8) is 0 Å². The molecule has 0 radical (unpaired) electrons. The molecule has 0 saturated heterocycles. The van der Waals surface area contributed by atoms with Crippen molar-refractivity contribution in [3.05, 3.63) is 53.0 Å². The molecule has 0 saturated carbocycles. The number of rotatable bonds is 4. The molecule has 0 aromatic carbocycles. The molecule has 0 unspecified atom stereocenters. The number of halogens is 1. The predicted molar refractivity (Wildman–Crippen MR) is 81.8 cm³/mol. The SMILES string of the molecule is O=C(NCC#CCOc1cccnc1)c1cncc(Br)c1. The third kappa shape index (κ3) is 5.24. The first kappa shape index (κ1) is 15.0. The van der Waals surface area contributed by atoms with Gasteiger partial charge in [-0.05, 0) is 34.1 Å². The van der Waals surface area contributed by atoms with Crippen LogP contribution in [-0.4, -0.2) is 29.0 Å². The van der Waals surface area contributed by atoms with Crippen LogP contribution >= 0.6 is 15.9 Å². The van der Waals surface area contributed by atoms with Crippen molar-refractivity contribution in [2.75, 3.05) is 13.2 Å². The zero-order valence-corrected chi connectivity index (χ0v) is 12.6. The van der Waals surface area contributed by atoms with E-state index in [2.05, 4.69) is 43.1 Å². The van der Waals surface area contributed by atoms with E-state index < -0.39 is 0 Å². The van der Waals surface area contributed by atoms with Gasteiger partial charge in [-0.3, -0.25) is 14.8 Å². The normalized spacial score (nSPS) is 9.38. The Kier molecular flexibility index (Phi) is 5.73. The van der Waals surface area contributed by atoms with E-state index in [0.29, 0.717) is 11.3 Å². The molecule has 2 aromatic rings. The maximum atomic E-state index is 11.8. The van der Waals surface area contributed by atoms with Gasteiger partial charge in [0.05, 0.1) is 18.3 Å². The minimum absolute atomic E-state index is 0.216. The molecule has 0 bridgehead atoms. The molecule has 6 heteroatoms. The van der Waals surface area contributed by atoms with Crippen molar-refractivity contribution in [1.82, 2.24) is 15.3 Å². The molecule has 0 aliphatic heterocycles. The van der Waals surface area contributed by atoms with Crippen molar-refractivity contribution in [1.29, 1.82) is 0 Å². The van der Waals surface area contributed by atoms with Crippen LogP contribution in [0.3, 0.4) is 0 Å². The molecule has 2 aromatic heterocycles. The van der Waals surface area contributed by atoms with E-state index in [1.165, 1.54) is 6.20 Å². The Morgan fingerprint density at radius 2 is 2.19 bits per heavy atom. The van der Waals surface area contributed by atoms with E-state index in [0.717, 1.165) is 4.47 Å². The fourth-order valence-corrected chi connectivity index (χ4v) is 1.79. The third-order valence-corrected chi connectivity index (χ3v) is 2.81. The molecule has 5 nitrogen and oxygen atoms in total. The quantitative estimate of drug-likeness (QED) is 0.861. The maximum absolute atomic E-state index is 11.8. The smallest absolute Gasteiger partial charge is 0.253 e. The molecule has 0 aliphatic rings. The molecule has 0 atom stereocenters. The fraction of sp³-hybridized carbons (Fsp3) is 0.133. The van der Waals surface area contributed by atoms with Crippen LogP contribution in [0.4, 0.5) is 0 Å². The molecule has 106 valence electrons. The number of hydrogen-bond acceptors (Lipinski definition) is 4. The number of amides is 1. The topological polar surface area (TPSA) is 64.1 Å². The third-order valence-electron chi connectivity index (χ3n) is 2.37. The second-order valence-corrected chi connectivity index (χ2v) is 4.82. The van der Waals surface area contributed by atoms with Gasteiger partial charge in [0.1, 0.15) is 12.4 Å². The van der Waals surface area contributed by atoms with Crippen LogP contribution in [0.25, 0.3) is 0 Å². The maximum Gasteiger partial charge on any atom is 0.253 e. The van der Waals surface area contributed by atoms with Crippen LogP contribution in [0.5, 0.6) is 5.75 Å². The van der Waals surface area contributed by atoms with Crippen molar-refractivity contribution in [3.8, 4) is 17.6 Å². The first-order valence-corrected chi connectivity index (χ1v) is 6.92. The monoisotopic (exact) mass is 345 g/mol. The summed E-state index contributed by atoms with van der Waals surface area (Å²) in [6.07, 6.45) is 6.40. The van der Waals surface area contributed by atoms with E-state index in [-0.39, 0.29) is 19.1 Å². The first-order chi connectivity index (χ1) is 10.3. The summed E-state index contributed by atoms with van der Waals surface area (Å²) in [5.74, 6) is 6.07. The molecule has 2 rings (SSSR count). The predicted octanol–water partition coefficient (Wildman–Crippen LogP) is 2.05. The molecular formula is C15H12BrN3O2. The van der Waals surface area contributed by atoms with Gasteiger partial charge < -0.3 is 10.1 Å². The molecule has 0 fully saturated rings. The van der Waals surface area contributed by atoms with E-state index in [4.69, 9.17) is 4.74 Å². The number of carbonyl (C=O) groups is 1. The number of nitrogens with one attached hydrogen (secondary N) is 1. The Labute approximate surface area is 130 Å². The lowest BCUT2D eigenvalue weighted by Crippen LogP contribution is -2.23. The van der Waals surface area contributed by atoms with Crippen molar-refractivity contribution >= 4 is 21.8 Å². The van der Waals surface area contributed by atoms with Crippen LogP contribution in [0.2, 0.25) is 0 Å². The lowest BCUT2D eigenvalue weighted by atomic mass is 10.3. The molecule has 0 spiro atoms. The summed E-state index contributed by atoms with van der Waals surface area (Å²) >= 11 is 3.26. The molecule has 2 heterocycles. The molecular weight excluding hydrogens is 334 g/mol. The van der Waals surface area contributed by atoms with Gasteiger partial charge in [-0.25, -0.2) is 0 Å². The zero-order chi connectivity index (χ0) is 14.9. The highest BCUT2D eigenvalue weighted by molar-refractivity contribution is 9.10. The van der Waals surface area contributed by atoms with E-state index in [1.54, 1.807) is 36.8 Å². The Balaban J connectivity index is 1.72. The van der Waals surface area contributed by atoms with Crippen molar-refractivity contribution < 1.29 is 9.53 Å². The minimum atomic E-state index is -0.216. The summed E-state index contributed by atoms with van der Waals surface area (Å²) in [5.41, 5.74) is 0.484. The summed E-state index contributed by atoms with van der Waals surface area (Å²) in [7, 11) is 0. The summed E-state index contributed by atoms with van der Waals surface area (Å²) in [6.45, 7) is 0.502. The summed E-state index contributed by atoms with van der Waals surface area (Å²) in [5, 5.41) is 2.68. The Hall–Kier alpha value is -2.39. The lowest BCUT2D eigenvalue weighted by molar-refractivity contribution is 0.0958. The van der Waals surface area contributed by atoms with E-state index in [9.17, 15) is 4.79 Å². The van der Waals surface area contributed by atoms with Crippen molar-refractivity contribution in [2.24, 2.45) is 0 Å². The largest absolute Gasteiger partial charge is 0.479 e. The van der Waals surface area contributed by atoms with Gasteiger partial charge in [-0.15, -0.1) is 0 Å². The zero-order valence-electron chi connectivity index (χ0n) is 11.0.